The van der Waals surface area contributed by atoms with Gasteiger partial charge in [0.25, 0.3) is 0 Å². The number of hydrogen-bond donors (Lipinski definition) is 1. The first-order valence-corrected chi connectivity index (χ1v) is 8.11. The van der Waals surface area contributed by atoms with Gasteiger partial charge in [-0.25, -0.2) is 13.1 Å². The average Bonchev–Trinajstić information content (AvgIpc) is 2.29. The highest BCUT2D eigenvalue weighted by molar-refractivity contribution is 7.89. The zero-order chi connectivity index (χ0) is 13.2. The number of sulfonamides is 1. The van der Waals surface area contributed by atoms with Crippen molar-refractivity contribution in [1.82, 2.24) is 4.72 Å². The van der Waals surface area contributed by atoms with Gasteiger partial charge in [0.1, 0.15) is 0 Å². The summed E-state index contributed by atoms with van der Waals surface area (Å²) in [5.74, 6) is 0.594. The van der Waals surface area contributed by atoms with Crippen molar-refractivity contribution in [2.24, 2.45) is 5.92 Å². The molecular weight excluding hydrogens is 270 g/mol. The maximum absolute atomic E-state index is 12.2. The second kappa shape index (κ2) is 5.59. The van der Waals surface area contributed by atoms with Crippen LogP contribution in [0.5, 0.6) is 0 Å². The third-order valence-electron chi connectivity index (χ3n) is 3.38. The van der Waals surface area contributed by atoms with Crippen molar-refractivity contribution in [2.45, 2.75) is 43.5 Å². The summed E-state index contributed by atoms with van der Waals surface area (Å²) >= 11 is 5.76. The van der Waals surface area contributed by atoms with Crippen LogP contribution in [0, 0.1) is 5.92 Å². The Balaban J connectivity index is 2.09. The molecule has 1 fully saturated rings. The largest absolute Gasteiger partial charge is 0.240 e. The van der Waals surface area contributed by atoms with Crippen LogP contribution in [0.1, 0.15) is 32.6 Å². The van der Waals surface area contributed by atoms with Gasteiger partial charge in [-0.2, -0.15) is 0 Å². The van der Waals surface area contributed by atoms with E-state index >= 15 is 0 Å². The lowest BCUT2D eigenvalue weighted by atomic mass is 9.88. The maximum Gasteiger partial charge on any atom is 0.240 e. The van der Waals surface area contributed by atoms with E-state index in [0.717, 1.165) is 19.3 Å². The number of hydrogen-bond acceptors (Lipinski definition) is 2. The first kappa shape index (κ1) is 13.8. The molecule has 1 N–H and O–H groups in total. The van der Waals surface area contributed by atoms with Crippen LogP contribution in [-0.2, 0) is 10.0 Å². The second-order valence-electron chi connectivity index (χ2n) is 5.04. The van der Waals surface area contributed by atoms with Gasteiger partial charge in [0.05, 0.1) is 4.90 Å². The summed E-state index contributed by atoms with van der Waals surface area (Å²) in [7, 11) is -3.41. The molecule has 2 unspecified atom stereocenters. The topological polar surface area (TPSA) is 46.2 Å². The molecule has 2 atom stereocenters. The Bertz CT molecular complexity index is 498. The third-order valence-corrected chi connectivity index (χ3v) is 5.17. The van der Waals surface area contributed by atoms with Gasteiger partial charge in [-0.05, 0) is 43.0 Å². The highest BCUT2D eigenvalue weighted by Crippen LogP contribution is 2.25. The number of halogens is 1. The highest BCUT2D eigenvalue weighted by Gasteiger charge is 2.24. The van der Waals surface area contributed by atoms with Crippen molar-refractivity contribution < 1.29 is 8.42 Å². The predicted molar refractivity (Wildman–Crippen MR) is 73.2 cm³/mol. The Labute approximate surface area is 114 Å². The summed E-state index contributed by atoms with van der Waals surface area (Å²) in [6.07, 6.45) is 4.14. The Hall–Kier alpha value is -0.580. The molecule has 0 aromatic heterocycles. The SMILES string of the molecule is CC1CCCC(NS(=O)(=O)c2ccc(Cl)cc2)C1. The molecule has 0 heterocycles. The number of rotatable bonds is 3. The minimum atomic E-state index is -3.41. The highest BCUT2D eigenvalue weighted by atomic mass is 35.5. The van der Waals surface area contributed by atoms with Crippen LogP contribution >= 0.6 is 11.6 Å². The first-order chi connectivity index (χ1) is 8.47. The van der Waals surface area contributed by atoms with E-state index < -0.39 is 10.0 Å². The standard InChI is InChI=1S/C13H18ClNO2S/c1-10-3-2-4-12(9-10)15-18(16,17)13-7-5-11(14)6-8-13/h5-8,10,12,15H,2-4,9H2,1H3. The molecular formula is C13H18ClNO2S. The van der Waals surface area contributed by atoms with Crippen LogP contribution in [-0.4, -0.2) is 14.5 Å². The van der Waals surface area contributed by atoms with Crippen molar-refractivity contribution in [3.63, 3.8) is 0 Å². The fourth-order valence-electron chi connectivity index (χ4n) is 2.44. The fraction of sp³-hybridized carbons (Fsp3) is 0.538. The molecule has 0 aliphatic heterocycles. The van der Waals surface area contributed by atoms with E-state index in [1.165, 1.54) is 18.6 Å². The van der Waals surface area contributed by atoms with Crippen molar-refractivity contribution >= 4 is 21.6 Å². The van der Waals surface area contributed by atoms with Gasteiger partial charge in [-0.3, -0.25) is 0 Å². The number of nitrogens with one attached hydrogen (secondary N) is 1. The quantitative estimate of drug-likeness (QED) is 0.928. The minimum Gasteiger partial charge on any atom is -0.208 e. The van der Waals surface area contributed by atoms with E-state index in [1.54, 1.807) is 12.1 Å². The summed E-state index contributed by atoms with van der Waals surface area (Å²) in [6, 6.07) is 6.34. The maximum atomic E-state index is 12.2. The Kier molecular flexibility index (Phi) is 4.30. The fourth-order valence-corrected chi connectivity index (χ4v) is 3.85. The van der Waals surface area contributed by atoms with E-state index in [1.807, 2.05) is 0 Å². The predicted octanol–water partition coefficient (Wildman–Crippen LogP) is 3.20. The summed E-state index contributed by atoms with van der Waals surface area (Å²) in [5, 5.41) is 0.542. The molecule has 1 aromatic rings. The molecule has 1 aromatic carbocycles. The van der Waals surface area contributed by atoms with Gasteiger partial charge in [0, 0.05) is 11.1 Å². The van der Waals surface area contributed by atoms with E-state index in [9.17, 15) is 8.42 Å². The van der Waals surface area contributed by atoms with Gasteiger partial charge >= 0.3 is 0 Å². The van der Waals surface area contributed by atoms with Crippen molar-refractivity contribution in [1.29, 1.82) is 0 Å². The van der Waals surface area contributed by atoms with Gasteiger partial charge in [-0.15, -0.1) is 0 Å². The van der Waals surface area contributed by atoms with Crippen LogP contribution in [0.4, 0.5) is 0 Å². The second-order valence-corrected chi connectivity index (χ2v) is 7.19. The Morgan fingerprint density at radius 3 is 2.50 bits per heavy atom. The van der Waals surface area contributed by atoms with Crippen LogP contribution in [0.25, 0.3) is 0 Å². The zero-order valence-electron chi connectivity index (χ0n) is 10.4. The zero-order valence-corrected chi connectivity index (χ0v) is 12.0. The molecule has 0 spiro atoms. The first-order valence-electron chi connectivity index (χ1n) is 6.25. The molecule has 2 rings (SSSR count). The van der Waals surface area contributed by atoms with Crippen molar-refractivity contribution in [3.05, 3.63) is 29.3 Å². The average molecular weight is 288 g/mol. The normalized spacial score (nSPS) is 25.0. The lowest BCUT2D eigenvalue weighted by Crippen LogP contribution is -2.37. The smallest absolute Gasteiger partial charge is 0.208 e. The van der Waals surface area contributed by atoms with Crippen LogP contribution < -0.4 is 4.72 Å². The molecule has 5 heteroatoms. The summed E-state index contributed by atoms with van der Waals surface area (Å²) in [5.41, 5.74) is 0. The molecule has 1 aliphatic rings. The molecule has 3 nitrogen and oxygen atoms in total. The van der Waals surface area contributed by atoms with Crippen LogP contribution in [0.3, 0.4) is 0 Å². The van der Waals surface area contributed by atoms with Gasteiger partial charge in [-0.1, -0.05) is 31.4 Å². The number of benzene rings is 1. The van der Waals surface area contributed by atoms with Crippen LogP contribution in [0.2, 0.25) is 5.02 Å². The Morgan fingerprint density at radius 1 is 1.22 bits per heavy atom. The van der Waals surface area contributed by atoms with Gasteiger partial charge in [0.2, 0.25) is 10.0 Å². The molecule has 0 amide bonds. The van der Waals surface area contributed by atoms with Gasteiger partial charge < -0.3 is 0 Å². The van der Waals surface area contributed by atoms with E-state index in [-0.39, 0.29) is 10.9 Å². The van der Waals surface area contributed by atoms with Crippen molar-refractivity contribution in [2.75, 3.05) is 0 Å². The molecule has 1 aliphatic carbocycles. The van der Waals surface area contributed by atoms with Gasteiger partial charge in [0.15, 0.2) is 0 Å². The molecule has 1 saturated carbocycles. The summed E-state index contributed by atoms with van der Waals surface area (Å²) in [6.45, 7) is 2.17. The lowest BCUT2D eigenvalue weighted by Gasteiger charge is -2.27. The summed E-state index contributed by atoms with van der Waals surface area (Å²) < 4.78 is 27.1. The van der Waals surface area contributed by atoms with E-state index in [4.69, 9.17) is 11.6 Å². The third kappa shape index (κ3) is 3.46. The Morgan fingerprint density at radius 2 is 1.89 bits per heavy atom. The molecule has 18 heavy (non-hydrogen) atoms. The molecule has 0 bridgehead atoms. The van der Waals surface area contributed by atoms with E-state index in [2.05, 4.69) is 11.6 Å². The monoisotopic (exact) mass is 287 g/mol. The molecule has 0 radical (unpaired) electrons. The lowest BCUT2D eigenvalue weighted by molar-refractivity contribution is 0.327. The molecule has 100 valence electrons. The van der Waals surface area contributed by atoms with Crippen molar-refractivity contribution in [3.8, 4) is 0 Å². The van der Waals surface area contributed by atoms with Crippen LogP contribution in [0.15, 0.2) is 29.2 Å². The van der Waals surface area contributed by atoms with E-state index in [0.29, 0.717) is 10.9 Å². The molecule has 0 saturated heterocycles. The minimum absolute atomic E-state index is 0.0643. The summed E-state index contributed by atoms with van der Waals surface area (Å²) in [4.78, 5) is 0.283.